The van der Waals surface area contributed by atoms with Crippen molar-refractivity contribution >= 4 is 23.3 Å². The Balaban J connectivity index is 1.41. The van der Waals surface area contributed by atoms with Crippen molar-refractivity contribution in [2.75, 3.05) is 45.3 Å². The molecule has 0 aliphatic carbocycles. The van der Waals surface area contributed by atoms with Crippen LogP contribution < -0.4 is 14.4 Å². The van der Waals surface area contributed by atoms with Gasteiger partial charge < -0.3 is 19.3 Å². The number of nitrogens with zero attached hydrogens (tertiary/aromatic N) is 3. The van der Waals surface area contributed by atoms with Crippen LogP contribution in [0.4, 0.5) is 5.82 Å². The number of carbonyl (C=O) groups is 1. The lowest BCUT2D eigenvalue weighted by atomic mass is 10.1. The third-order valence-electron chi connectivity index (χ3n) is 5.25. The molecule has 2 aromatic carbocycles. The van der Waals surface area contributed by atoms with Crippen molar-refractivity contribution in [3.8, 4) is 22.8 Å². The van der Waals surface area contributed by atoms with E-state index in [9.17, 15) is 4.79 Å². The van der Waals surface area contributed by atoms with Crippen LogP contribution in [0.25, 0.3) is 11.3 Å². The van der Waals surface area contributed by atoms with Gasteiger partial charge in [0, 0.05) is 37.3 Å². The van der Waals surface area contributed by atoms with Gasteiger partial charge in [-0.1, -0.05) is 11.6 Å². The quantitative estimate of drug-likeness (QED) is 0.673. The number of aromatic amines is 1. The molecule has 1 aliphatic rings. The van der Waals surface area contributed by atoms with Gasteiger partial charge in [-0.15, -0.1) is 0 Å². The van der Waals surface area contributed by atoms with E-state index in [0.29, 0.717) is 42.5 Å². The predicted molar refractivity (Wildman–Crippen MR) is 117 cm³/mol. The second-order valence-electron chi connectivity index (χ2n) is 6.99. The fourth-order valence-corrected chi connectivity index (χ4v) is 3.70. The van der Waals surface area contributed by atoms with E-state index < -0.39 is 0 Å². The molecule has 0 unspecified atom stereocenters. The number of aromatic nitrogens is 2. The highest BCUT2D eigenvalue weighted by molar-refractivity contribution is 6.30. The molecule has 1 amide bonds. The van der Waals surface area contributed by atoms with Crippen LogP contribution in [0.5, 0.6) is 11.5 Å². The molecule has 0 atom stereocenters. The number of rotatable bonds is 5. The number of nitrogens with one attached hydrogen (secondary N) is 1. The highest BCUT2D eigenvalue weighted by Gasteiger charge is 2.25. The summed E-state index contributed by atoms with van der Waals surface area (Å²) < 4.78 is 10.5. The maximum atomic E-state index is 12.9. The highest BCUT2D eigenvalue weighted by atomic mass is 35.5. The number of ether oxygens (including phenoxy) is 2. The number of piperazine rings is 1. The Morgan fingerprint density at radius 1 is 1.00 bits per heavy atom. The lowest BCUT2D eigenvalue weighted by Crippen LogP contribution is -2.49. The Kier molecular flexibility index (Phi) is 5.81. The summed E-state index contributed by atoms with van der Waals surface area (Å²) in [7, 11) is 3.19. The SMILES string of the molecule is COc1ccc(-c2cc(N3CCN(C(=O)c4ccc(Cl)cc4OC)CC3)n[nH]2)cc1. The Morgan fingerprint density at radius 3 is 2.40 bits per heavy atom. The van der Waals surface area contributed by atoms with Crippen molar-refractivity contribution in [1.29, 1.82) is 0 Å². The van der Waals surface area contributed by atoms with Gasteiger partial charge in [-0.05, 0) is 48.0 Å². The molecule has 1 aliphatic heterocycles. The molecule has 30 heavy (non-hydrogen) atoms. The van der Waals surface area contributed by atoms with Gasteiger partial charge in [0.05, 0.1) is 25.5 Å². The van der Waals surface area contributed by atoms with Crippen LogP contribution in [0.1, 0.15) is 10.4 Å². The summed E-state index contributed by atoms with van der Waals surface area (Å²) >= 11 is 6.01. The molecule has 4 rings (SSSR count). The molecule has 0 radical (unpaired) electrons. The van der Waals surface area contributed by atoms with Crippen LogP contribution >= 0.6 is 11.6 Å². The van der Waals surface area contributed by atoms with Crippen LogP contribution in [-0.2, 0) is 0 Å². The van der Waals surface area contributed by atoms with Crippen molar-refractivity contribution in [3.63, 3.8) is 0 Å². The van der Waals surface area contributed by atoms with Gasteiger partial charge >= 0.3 is 0 Å². The molecule has 1 fully saturated rings. The number of hydrogen-bond donors (Lipinski definition) is 1. The molecular formula is C22H23ClN4O3. The Bertz CT molecular complexity index is 1030. The van der Waals surface area contributed by atoms with Gasteiger partial charge in [0.25, 0.3) is 5.91 Å². The normalized spacial score (nSPS) is 14.0. The highest BCUT2D eigenvalue weighted by Crippen LogP contribution is 2.27. The third kappa shape index (κ3) is 4.07. The van der Waals surface area contributed by atoms with Gasteiger partial charge in [0.15, 0.2) is 5.82 Å². The number of halogens is 1. The van der Waals surface area contributed by atoms with Gasteiger partial charge in [-0.3, -0.25) is 9.89 Å². The molecule has 0 bridgehead atoms. The lowest BCUT2D eigenvalue weighted by Gasteiger charge is -2.35. The zero-order valence-electron chi connectivity index (χ0n) is 16.9. The molecule has 2 heterocycles. The van der Waals surface area contributed by atoms with Crippen molar-refractivity contribution in [2.24, 2.45) is 0 Å². The largest absolute Gasteiger partial charge is 0.497 e. The van der Waals surface area contributed by atoms with Gasteiger partial charge in [-0.2, -0.15) is 5.10 Å². The summed E-state index contributed by atoms with van der Waals surface area (Å²) in [6, 6.07) is 14.9. The first-order valence-corrected chi connectivity index (χ1v) is 10.0. The molecule has 0 spiro atoms. The Morgan fingerprint density at radius 2 is 1.73 bits per heavy atom. The molecule has 1 N–H and O–H groups in total. The summed E-state index contributed by atoms with van der Waals surface area (Å²) in [6.45, 7) is 2.62. The van der Waals surface area contributed by atoms with Crippen LogP contribution in [0, 0.1) is 0 Å². The summed E-state index contributed by atoms with van der Waals surface area (Å²) in [5.41, 5.74) is 2.51. The number of methoxy groups -OCH3 is 2. The third-order valence-corrected chi connectivity index (χ3v) is 5.49. The molecule has 7 nitrogen and oxygen atoms in total. The standard InChI is InChI=1S/C22H23ClN4O3/c1-29-17-6-3-15(4-7-17)19-14-21(25-24-19)26-9-11-27(12-10-26)22(28)18-8-5-16(23)13-20(18)30-2/h3-8,13-14H,9-12H2,1-2H3,(H,24,25). The summed E-state index contributed by atoms with van der Waals surface area (Å²) in [6.07, 6.45) is 0. The van der Waals surface area contributed by atoms with Crippen LogP contribution in [0.2, 0.25) is 5.02 Å². The van der Waals surface area contributed by atoms with Crippen molar-refractivity contribution in [2.45, 2.75) is 0 Å². The molecule has 3 aromatic rings. The topological polar surface area (TPSA) is 70.7 Å². The van der Waals surface area contributed by atoms with E-state index in [-0.39, 0.29) is 5.91 Å². The van der Waals surface area contributed by atoms with E-state index in [2.05, 4.69) is 15.1 Å². The van der Waals surface area contributed by atoms with Crippen molar-refractivity contribution in [3.05, 3.63) is 59.1 Å². The average molecular weight is 427 g/mol. The van der Waals surface area contributed by atoms with Crippen LogP contribution in [0.3, 0.4) is 0 Å². The first-order valence-electron chi connectivity index (χ1n) is 9.66. The van der Waals surface area contributed by atoms with E-state index in [1.807, 2.05) is 35.2 Å². The van der Waals surface area contributed by atoms with Crippen LogP contribution in [0.15, 0.2) is 48.5 Å². The number of amides is 1. The maximum Gasteiger partial charge on any atom is 0.257 e. The lowest BCUT2D eigenvalue weighted by molar-refractivity contribution is 0.0743. The fourth-order valence-electron chi connectivity index (χ4n) is 3.54. The van der Waals surface area contributed by atoms with Gasteiger partial charge in [0.2, 0.25) is 0 Å². The maximum absolute atomic E-state index is 12.9. The van der Waals surface area contributed by atoms with E-state index >= 15 is 0 Å². The molecule has 0 saturated carbocycles. The second kappa shape index (κ2) is 8.67. The smallest absolute Gasteiger partial charge is 0.257 e. The Labute approximate surface area is 180 Å². The van der Waals surface area contributed by atoms with E-state index in [0.717, 1.165) is 22.8 Å². The van der Waals surface area contributed by atoms with Gasteiger partial charge in [0.1, 0.15) is 11.5 Å². The van der Waals surface area contributed by atoms with Crippen molar-refractivity contribution in [1.82, 2.24) is 15.1 Å². The number of H-pyrrole nitrogens is 1. The average Bonchev–Trinajstić information content (AvgIpc) is 3.29. The zero-order valence-corrected chi connectivity index (χ0v) is 17.6. The molecule has 8 heteroatoms. The minimum Gasteiger partial charge on any atom is -0.497 e. The molecular weight excluding hydrogens is 404 g/mol. The van der Waals surface area contributed by atoms with E-state index in [4.69, 9.17) is 21.1 Å². The van der Waals surface area contributed by atoms with E-state index in [1.165, 1.54) is 0 Å². The summed E-state index contributed by atoms with van der Waals surface area (Å²) in [4.78, 5) is 16.9. The second-order valence-corrected chi connectivity index (χ2v) is 7.43. The summed E-state index contributed by atoms with van der Waals surface area (Å²) in [5, 5.41) is 8.09. The minimum atomic E-state index is -0.0517. The first kappa shape index (κ1) is 20.1. The first-order chi connectivity index (χ1) is 14.6. The van der Waals surface area contributed by atoms with Crippen LogP contribution in [-0.4, -0.2) is 61.4 Å². The fraction of sp³-hybridized carbons (Fsp3) is 0.273. The monoisotopic (exact) mass is 426 g/mol. The van der Waals surface area contributed by atoms with Gasteiger partial charge in [-0.25, -0.2) is 0 Å². The van der Waals surface area contributed by atoms with Crippen molar-refractivity contribution < 1.29 is 14.3 Å². The Hall–Kier alpha value is -3.19. The number of benzene rings is 2. The predicted octanol–water partition coefficient (Wildman–Crippen LogP) is 3.71. The zero-order chi connectivity index (χ0) is 21.1. The number of carbonyl (C=O) groups excluding carboxylic acids is 1. The number of hydrogen-bond acceptors (Lipinski definition) is 5. The molecule has 1 saturated heterocycles. The number of anilines is 1. The van der Waals surface area contributed by atoms with E-state index in [1.54, 1.807) is 32.4 Å². The summed E-state index contributed by atoms with van der Waals surface area (Å²) in [5.74, 6) is 2.13. The minimum absolute atomic E-state index is 0.0517. The molecule has 1 aromatic heterocycles. The molecule has 156 valence electrons.